The van der Waals surface area contributed by atoms with Crippen LogP contribution in [0.4, 0.5) is 0 Å². The lowest BCUT2D eigenvalue weighted by Crippen LogP contribution is -2.66. The number of rotatable bonds is 6. The molecule has 2 heterocycles. The fourth-order valence-corrected chi connectivity index (χ4v) is 7.30. The van der Waals surface area contributed by atoms with Crippen molar-refractivity contribution in [1.82, 2.24) is 0 Å². The van der Waals surface area contributed by atoms with Crippen molar-refractivity contribution in [2.45, 2.75) is 102 Å². The molecule has 0 radical (unpaired) electrons. The molecule has 6 aliphatic rings. The molecule has 4 bridgehead atoms. The van der Waals surface area contributed by atoms with Gasteiger partial charge in [0.05, 0.1) is 24.0 Å². The van der Waals surface area contributed by atoms with Crippen molar-refractivity contribution in [3.05, 3.63) is 12.2 Å². The number of carbonyl (C=O) groups excluding carboxylic acids is 3. The van der Waals surface area contributed by atoms with Crippen molar-refractivity contribution in [3.63, 3.8) is 0 Å². The number of carbonyl (C=O) groups is 3. The predicted molar refractivity (Wildman–Crippen MR) is 119 cm³/mol. The summed E-state index contributed by atoms with van der Waals surface area (Å²) in [5.74, 6) is -1.11. The average molecular weight is 477 g/mol. The Hall–Kier alpha value is -1.93. The highest BCUT2D eigenvalue weighted by Crippen LogP contribution is 2.68. The Labute approximate surface area is 200 Å². The molecule has 8 heteroatoms. The van der Waals surface area contributed by atoms with Crippen molar-refractivity contribution in [1.29, 1.82) is 0 Å². The molecule has 34 heavy (non-hydrogen) atoms. The van der Waals surface area contributed by atoms with Gasteiger partial charge in [-0.3, -0.25) is 9.59 Å². The Morgan fingerprint density at radius 2 is 1.32 bits per heavy atom. The summed E-state index contributed by atoms with van der Waals surface area (Å²) in [6.45, 7) is 6.48. The Kier molecular flexibility index (Phi) is 6.25. The summed E-state index contributed by atoms with van der Waals surface area (Å²) in [5.41, 5.74) is -2.41. The number of esters is 3. The zero-order valence-corrected chi connectivity index (χ0v) is 20.1. The molecule has 0 amide bonds. The third-order valence-corrected chi connectivity index (χ3v) is 8.29. The molecule has 0 spiro atoms. The van der Waals surface area contributed by atoms with E-state index in [0.717, 1.165) is 25.7 Å². The van der Waals surface area contributed by atoms with Crippen molar-refractivity contribution in [2.24, 2.45) is 16.7 Å². The van der Waals surface area contributed by atoms with Gasteiger partial charge in [-0.15, -0.1) is 0 Å². The van der Waals surface area contributed by atoms with Gasteiger partial charge in [0.15, 0.2) is 0 Å². The smallest absolute Gasteiger partial charge is 0.333 e. The first kappa shape index (κ1) is 23.8. The van der Waals surface area contributed by atoms with Crippen LogP contribution in [0.5, 0.6) is 0 Å². The maximum Gasteiger partial charge on any atom is 0.333 e. The van der Waals surface area contributed by atoms with Crippen LogP contribution in [-0.2, 0) is 38.1 Å². The zero-order valence-electron chi connectivity index (χ0n) is 20.1. The summed E-state index contributed by atoms with van der Waals surface area (Å²) >= 11 is 0. The van der Waals surface area contributed by atoms with Gasteiger partial charge in [-0.25, -0.2) is 4.79 Å². The van der Waals surface area contributed by atoms with Crippen LogP contribution < -0.4 is 0 Å². The molecule has 2 saturated heterocycles. The Bertz CT molecular complexity index is 805. The highest BCUT2D eigenvalue weighted by Gasteiger charge is 2.70. The molecule has 0 aromatic rings. The summed E-state index contributed by atoms with van der Waals surface area (Å²) in [6, 6.07) is 0. The molecule has 2 aliphatic heterocycles. The molecule has 6 fully saturated rings. The van der Waals surface area contributed by atoms with Crippen molar-refractivity contribution in [3.8, 4) is 0 Å². The van der Waals surface area contributed by atoms with Gasteiger partial charge in [0, 0.05) is 31.3 Å². The van der Waals surface area contributed by atoms with Crippen molar-refractivity contribution >= 4 is 17.9 Å². The molecule has 0 aromatic heterocycles. The zero-order chi connectivity index (χ0) is 24.0. The molecule has 0 aromatic carbocycles. The Morgan fingerprint density at radius 1 is 0.794 bits per heavy atom. The predicted octanol–water partition coefficient (Wildman–Crippen LogP) is 3.95. The van der Waals surface area contributed by atoms with Gasteiger partial charge in [-0.05, 0) is 64.2 Å². The minimum Gasteiger partial charge on any atom is -0.456 e. The molecule has 8 nitrogen and oxygen atoms in total. The van der Waals surface area contributed by atoms with E-state index in [9.17, 15) is 14.4 Å². The monoisotopic (exact) mass is 476 g/mol. The molecular formula is C26H36O8. The summed E-state index contributed by atoms with van der Waals surface area (Å²) in [5, 5.41) is 0. The Balaban J connectivity index is 1.42. The highest BCUT2D eigenvalue weighted by atomic mass is 16.7. The quantitative estimate of drug-likeness (QED) is 0.323. The SMILES string of the molecule is C=C(C)C(=O)OC12CC3CC(C(=O)OC4CCCCO4)(C1)CC(C(=O)OC1CCCCO1)(C3)C2. The second-order valence-corrected chi connectivity index (χ2v) is 11.3. The average Bonchev–Trinajstić information content (AvgIpc) is 2.79. The van der Waals surface area contributed by atoms with E-state index in [0.29, 0.717) is 70.2 Å². The van der Waals surface area contributed by atoms with Crippen LogP contribution in [0.2, 0.25) is 0 Å². The van der Waals surface area contributed by atoms with E-state index in [-0.39, 0.29) is 17.9 Å². The fraction of sp³-hybridized carbons (Fsp3) is 0.808. The van der Waals surface area contributed by atoms with Crippen LogP contribution in [0.25, 0.3) is 0 Å². The largest absolute Gasteiger partial charge is 0.456 e. The molecule has 4 aliphatic carbocycles. The molecule has 4 atom stereocenters. The normalized spacial score (nSPS) is 40.9. The first-order valence-corrected chi connectivity index (χ1v) is 12.8. The number of hydrogen-bond donors (Lipinski definition) is 0. The first-order chi connectivity index (χ1) is 16.2. The number of hydrogen-bond acceptors (Lipinski definition) is 8. The van der Waals surface area contributed by atoms with Gasteiger partial charge < -0.3 is 23.7 Å². The fourth-order valence-electron chi connectivity index (χ4n) is 7.30. The van der Waals surface area contributed by atoms with Crippen LogP contribution in [0.3, 0.4) is 0 Å². The van der Waals surface area contributed by atoms with E-state index in [1.807, 2.05) is 0 Å². The van der Waals surface area contributed by atoms with Crippen molar-refractivity contribution < 1.29 is 38.1 Å². The second-order valence-electron chi connectivity index (χ2n) is 11.3. The maximum atomic E-state index is 13.6. The molecule has 4 saturated carbocycles. The standard InChI is InChI=1S/C26H36O8/c1-17(2)21(27)34-26-13-18-11-24(15-26,22(28)32-19-7-3-5-9-30-19)14-25(12-18,16-26)23(29)33-20-8-4-6-10-31-20/h18-20H,1,3-16H2,2H3. The summed E-state index contributed by atoms with van der Waals surface area (Å²) in [4.78, 5) is 39.9. The van der Waals surface area contributed by atoms with Crippen LogP contribution >= 0.6 is 0 Å². The van der Waals surface area contributed by atoms with E-state index in [1.54, 1.807) is 6.92 Å². The van der Waals surface area contributed by atoms with Gasteiger partial charge in [0.1, 0.15) is 5.60 Å². The van der Waals surface area contributed by atoms with E-state index in [1.165, 1.54) is 0 Å². The topological polar surface area (TPSA) is 97.4 Å². The third kappa shape index (κ3) is 4.39. The summed E-state index contributed by atoms with van der Waals surface area (Å²) in [6.07, 6.45) is 7.00. The minimum atomic E-state index is -0.908. The lowest BCUT2D eigenvalue weighted by atomic mass is 9.42. The van der Waals surface area contributed by atoms with Crippen LogP contribution in [-0.4, -0.2) is 49.3 Å². The molecule has 188 valence electrons. The van der Waals surface area contributed by atoms with Crippen LogP contribution in [0.15, 0.2) is 12.2 Å². The first-order valence-electron chi connectivity index (χ1n) is 12.8. The Morgan fingerprint density at radius 3 is 1.76 bits per heavy atom. The van der Waals surface area contributed by atoms with Crippen LogP contribution in [0, 0.1) is 16.7 Å². The third-order valence-electron chi connectivity index (χ3n) is 8.29. The maximum absolute atomic E-state index is 13.6. The number of ether oxygens (including phenoxy) is 5. The van der Waals surface area contributed by atoms with Gasteiger partial charge >= 0.3 is 17.9 Å². The van der Waals surface area contributed by atoms with E-state index in [4.69, 9.17) is 23.7 Å². The summed E-state index contributed by atoms with van der Waals surface area (Å²) < 4.78 is 29.0. The van der Waals surface area contributed by atoms with Crippen LogP contribution in [0.1, 0.15) is 84.0 Å². The van der Waals surface area contributed by atoms with Gasteiger partial charge in [0.2, 0.25) is 12.6 Å². The second kappa shape index (κ2) is 8.94. The van der Waals surface area contributed by atoms with E-state index >= 15 is 0 Å². The lowest BCUT2D eigenvalue weighted by Gasteiger charge is -2.63. The van der Waals surface area contributed by atoms with Gasteiger partial charge in [-0.2, -0.15) is 0 Å². The molecular weight excluding hydrogens is 440 g/mol. The summed E-state index contributed by atoms with van der Waals surface area (Å²) in [7, 11) is 0. The minimum absolute atomic E-state index is 0.0637. The highest BCUT2D eigenvalue weighted by molar-refractivity contribution is 5.88. The lowest BCUT2D eigenvalue weighted by molar-refractivity contribution is -0.251. The van der Waals surface area contributed by atoms with Gasteiger partial charge in [-0.1, -0.05) is 6.58 Å². The molecule has 6 rings (SSSR count). The van der Waals surface area contributed by atoms with Crippen molar-refractivity contribution in [2.75, 3.05) is 13.2 Å². The van der Waals surface area contributed by atoms with E-state index in [2.05, 4.69) is 6.58 Å². The molecule has 0 N–H and O–H groups in total. The van der Waals surface area contributed by atoms with E-state index < -0.39 is 35.0 Å². The molecule has 4 unspecified atom stereocenters. The van der Waals surface area contributed by atoms with Gasteiger partial charge in [0.25, 0.3) is 0 Å².